The number of rotatable bonds is 7. The number of methoxy groups -OCH3 is 1. The van der Waals surface area contributed by atoms with Crippen LogP contribution in [0.5, 0.6) is 0 Å². The van der Waals surface area contributed by atoms with E-state index in [-0.39, 0.29) is 5.97 Å². The lowest BCUT2D eigenvalue weighted by Gasteiger charge is -2.35. The van der Waals surface area contributed by atoms with Gasteiger partial charge >= 0.3 is 5.97 Å². The molecule has 0 bridgehead atoms. The molecule has 1 unspecified atom stereocenters. The van der Waals surface area contributed by atoms with Gasteiger partial charge in [0.1, 0.15) is 0 Å². The fourth-order valence-corrected chi connectivity index (χ4v) is 2.60. The van der Waals surface area contributed by atoms with E-state index < -0.39 is 0 Å². The van der Waals surface area contributed by atoms with Crippen LogP contribution in [-0.2, 0) is 9.53 Å². The van der Waals surface area contributed by atoms with Crippen molar-refractivity contribution in [1.29, 1.82) is 0 Å². The van der Waals surface area contributed by atoms with E-state index in [4.69, 9.17) is 4.74 Å². The Bertz CT molecular complexity index is 218. The molecule has 17 heavy (non-hydrogen) atoms. The van der Waals surface area contributed by atoms with E-state index in [2.05, 4.69) is 11.8 Å². The summed E-state index contributed by atoms with van der Waals surface area (Å²) < 4.78 is 4.78. The number of piperidine rings is 1. The minimum atomic E-state index is -0.0598. The quantitative estimate of drug-likeness (QED) is 0.507. The second kappa shape index (κ2) is 8.51. The van der Waals surface area contributed by atoms with Crippen molar-refractivity contribution in [1.82, 2.24) is 4.90 Å². The van der Waals surface area contributed by atoms with Crippen molar-refractivity contribution in [2.45, 2.75) is 64.3 Å². The van der Waals surface area contributed by atoms with Gasteiger partial charge in [0.05, 0.1) is 13.5 Å². The molecule has 1 heterocycles. The van der Waals surface area contributed by atoms with Gasteiger partial charge in [0.25, 0.3) is 0 Å². The third-order valence-electron chi connectivity index (χ3n) is 3.68. The van der Waals surface area contributed by atoms with Gasteiger partial charge in [0.15, 0.2) is 0 Å². The highest BCUT2D eigenvalue weighted by Crippen LogP contribution is 2.20. The molecule has 0 amide bonds. The number of carbonyl (C=O) groups is 1. The second-order valence-corrected chi connectivity index (χ2v) is 5.03. The number of hydrogen-bond donors (Lipinski definition) is 0. The highest BCUT2D eigenvalue weighted by molar-refractivity contribution is 5.69. The number of nitrogens with zero attached hydrogens (tertiary/aromatic N) is 1. The fourth-order valence-electron chi connectivity index (χ4n) is 2.60. The van der Waals surface area contributed by atoms with Gasteiger partial charge in [-0.1, -0.05) is 32.6 Å². The van der Waals surface area contributed by atoms with Gasteiger partial charge in [-0.05, 0) is 32.4 Å². The second-order valence-electron chi connectivity index (χ2n) is 5.03. The number of hydrogen-bond acceptors (Lipinski definition) is 3. The summed E-state index contributed by atoms with van der Waals surface area (Å²) in [5, 5.41) is 0. The molecule has 0 saturated carbocycles. The van der Waals surface area contributed by atoms with E-state index in [1.807, 2.05) is 0 Å². The first kappa shape index (κ1) is 14.5. The summed E-state index contributed by atoms with van der Waals surface area (Å²) in [5.74, 6) is -0.0598. The zero-order chi connectivity index (χ0) is 12.5. The standard InChI is InChI=1S/C14H27NO2/c1-3-4-5-7-10-15-11-8-6-9-13(15)12-14(16)17-2/h13H,3-12H2,1-2H3. The summed E-state index contributed by atoms with van der Waals surface area (Å²) in [7, 11) is 1.48. The summed E-state index contributed by atoms with van der Waals surface area (Å²) in [6, 6.07) is 0.429. The third kappa shape index (κ3) is 5.53. The maximum absolute atomic E-state index is 11.4. The predicted molar refractivity (Wildman–Crippen MR) is 70.0 cm³/mol. The Kier molecular flexibility index (Phi) is 7.25. The van der Waals surface area contributed by atoms with E-state index in [0.29, 0.717) is 12.5 Å². The van der Waals surface area contributed by atoms with Crippen molar-refractivity contribution in [3.8, 4) is 0 Å². The molecule has 0 aromatic carbocycles. The molecular weight excluding hydrogens is 214 g/mol. The first-order valence-corrected chi connectivity index (χ1v) is 7.08. The van der Waals surface area contributed by atoms with Crippen molar-refractivity contribution in [3.63, 3.8) is 0 Å². The van der Waals surface area contributed by atoms with Crippen molar-refractivity contribution in [3.05, 3.63) is 0 Å². The predicted octanol–water partition coefficient (Wildman–Crippen LogP) is 2.98. The lowest BCUT2D eigenvalue weighted by atomic mass is 9.99. The van der Waals surface area contributed by atoms with Crippen LogP contribution in [0.15, 0.2) is 0 Å². The Morgan fingerprint density at radius 1 is 1.29 bits per heavy atom. The Hall–Kier alpha value is -0.570. The molecule has 1 fully saturated rings. The molecule has 1 rings (SSSR count). The monoisotopic (exact) mass is 241 g/mol. The lowest BCUT2D eigenvalue weighted by Crippen LogP contribution is -2.41. The summed E-state index contributed by atoms with van der Waals surface area (Å²) in [6.45, 7) is 4.55. The summed E-state index contributed by atoms with van der Waals surface area (Å²) in [4.78, 5) is 13.8. The number of esters is 1. The summed E-state index contributed by atoms with van der Waals surface area (Å²) >= 11 is 0. The van der Waals surface area contributed by atoms with Crippen molar-refractivity contribution < 1.29 is 9.53 Å². The number of likely N-dealkylation sites (tertiary alicyclic amines) is 1. The van der Waals surface area contributed by atoms with Gasteiger partial charge in [0, 0.05) is 6.04 Å². The van der Waals surface area contributed by atoms with E-state index in [0.717, 1.165) is 19.5 Å². The molecule has 1 atom stereocenters. The molecule has 1 aliphatic heterocycles. The third-order valence-corrected chi connectivity index (χ3v) is 3.68. The molecule has 1 aliphatic rings. The zero-order valence-corrected chi connectivity index (χ0v) is 11.4. The van der Waals surface area contributed by atoms with Crippen LogP contribution < -0.4 is 0 Å². The number of ether oxygens (including phenoxy) is 1. The molecule has 0 radical (unpaired) electrons. The Labute approximate surface area is 106 Å². The number of unbranched alkanes of at least 4 members (excludes halogenated alkanes) is 3. The van der Waals surface area contributed by atoms with Crippen molar-refractivity contribution >= 4 is 5.97 Å². The molecule has 0 aromatic rings. The zero-order valence-electron chi connectivity index (χ0n) is 11.4. The van der Waals surface area contributed by atoms with Crippen molar-refractivity contribution in [2.24, 2.45) is 0 Å². The molecule has 1 saturated heterocycles. The summed E-state index contributed by atoms with van der Waals surface area (Å²) in [5.41, 5.74) is 0. The Balaban J connectivity index is 2.29. The van der Waals surface area contributed by atoms with E-state index in [9.17, 15) is 4.79 Å². The van der Waals surface area contributed by atoms with Crippen LogP contribution in [0.2, 0.25) is 0 Å². The van der Waals surface area contributed by atoms with Gasteiger partial charge < -0.3 is 4.74 Å². The Morgan fingerprint density at radius 2 is 2.12 bits per heavy atom. The highest BCUT2D eigenvalue weighted by atomic mass is 16.5. The van der Waals surface area contributed by atoms with Crippen LogP contribution >= 0.6 is 0 Å². The number of carbonyl (C=O) groups excluding carboxylic acids is 1. The van der Waals surface area contributed by atoms with Crippen LogP contribution in [0.1, 0.15) is 58.3 Å². The largest absolute Gasteiger partial charge is 0.469 e. The first-order valence-electron chi connectivity index (χ1n) is 7.08. The van der Waals surface area contributed by atoms with Crippen LogP contribution in [0.25, 0.3) is 0 Å². The average Bonchev–Trinajstić information content (AvgIpc) is 2.36. The maximum atomic E-state index is 11.4. The molecule has 0 spiro atoms. The minimum absolute atomic E-state index is 0.0598. The van der Waals surface area contributed by atoms with Crippen molar-refractivity contribution in [2.75, 3.05) is 20.2 Å². The Morgan fingerprint density at radius 3 is 2.82 bits per heavy atom. The molecule has 0 aliphatic carbocycles. The molecular formula is C14H27NO2. The molecule has 0 aromatic heterocycles. The van der Waals surface area contributed by atoms with Gasteiger partial charge in [-0.25, -0.2) is 0 Å². The topological polar surface area (TPSA) is 29.5 Å². The first-order chi connectivity index (χ1) is 8.27. The van der Waals surface area contributed by atoms with E-state index in [1.54, 1.807) is 0 Å². The molecule has 3 nitrogen and oxygen atoms in total. The minimum Gasteiger partial charge on any atom is -0.469 e. The molecule has 3 heteroatoms. The maximum Gasteiger partial charge on any atom is 0.307 e. The van der Waals surface area contributed by atoms with Crippen LogP contribution in [0.4, 0.5) is 0 Å². The lowest BCUT2D eigenvalue weighted by molar-refractivity contribution is -0.142. The average molecular weight is 241 g/mol. The van der Waals surface area contributed by atoms with Gasteiger partial charge in [0.2, 0.25) is 0 Å². The van der Waals surface area contributed by atoms with Gasteiger partial charge in [-0.3, -0.25) is 9.69 Å². The highest BCUT2D eigenvalue weighted by Gasteiger charge is 2.24. The smallest absolute Gasteiger partial charge is 0.307 e. The van der Waals surface area contributed by atoms with Crippen LogP contribution in [0.3, 0.4) is 0 Å². The van der Waals surface area contributed by atoms with E-state index >= 15 is 0 Å². The molecule has 0 N–H and O–H groups in total. The fraction of sp³-hybridized carbons (Fsp3) is 0.929. The van der Waals surface area contributed by atoms with Crippen LogP contribution in [0, 0.1) is 0 Å². The summed E-state index contributed by atoms with van der Waals surface area (Å²) in [6.07, 6.45) is 9.47. The normalized spacial score (nSPS) is 21.4. The SMILES string of the molecule is CCCCCCN1CCCCC1CC(=O)OC. The van der Waals surface area contributed by atoms with Crippen LogP contribution in [-0.4, -0.2) is 37.1 Å². The van der Waals surface area contributed by atoms with Gasteiger partial charge in [-0.2, -0.15) is 0 Å². The van der Waals surface area contributed by atoms with Gasteiger partial charge in [-0.15, -0.1) is 0 Å². The molecule has 100 valence electrons. The van der Waals surface area contributed by atoms with E-state index in [1.165, 1.54) is 45.6 Å².